The monoisotopic (exact) mass is 234 g/mol. The van der Waals surface area contributed by atoms with Crippen LogP contribution in [0.1, 0.15) is 0 Å². The highest BCUT2D eigenvalue weighted by atomic mass is 19.4. The number of H-pyrrole nitrogens is 1. The first-order valence-electron chi connectivity index (χ1n) is 5.26. The minimum absolute atomic E-state index is 0.553. The predicted molar refractivity (Wildman–Crippen MR) is 64.5 cm³/mol. The maximum Gasteiger partial charge on any atom is 0.509 e. The van der Waals surface area contributed by atoms with Crippen molar-refractivity contribution in [1.82, 2.24) is 4.98 Å². The van der Waals surface area contributed by atoms with E-state index < -0.39 is 12.4 Å². The van der Waals surface area contributed by atoms with E-state index in [0.29, 0.717) is 5.39 Å². The first kappa shape index (κ1) is 10.3. The number of aromatic amines is 1. The van der Waals surface area contributed by atoms with E-state index in [2.05, 4.69) is 4.98 Å². The van der Waals surface area contributed by atoms with Crippen molar-refractivity contribution in [3.05, 3.63) is 42.5 Å². The van der Waals surface area contributed by atoms with Crippen molar-refractivity contribution >= 4 is 34.2 Å². The number of benzene rings is 2. The molecule has 5 heteroatoms. The number of hydrogen-bond donors (Lipinski definition) is 1. The Morgan fingerprint density at radius 2 is 1.53 bits per heavy atom. The van der Waals surface area contributed by atoms with Gasteiger partial charge in [-0.25, -0.2) is 0 Å². The van der Waals surface area contributed by atoms with Crippen molar-refractivity contribution in [3.8, 4) is 0 Å². The Hall–Kier alpha value is -1.91. The van der Waals surface area contributed by atoms with Gasteiger partial charge >= 0.3 is 6.98 Å². The second-order valence-electron chi connectivity index (χ2n) is 4.05. The van der Waals surface area contributed by atoms with Crippen LogP contribution in [0, 0.1) is 0 Å². The van der Waals surface area contributed by atoms with E-state index in [1.54, 1.807) is 0 Å². The van der Waals surface area contributed by atoms with Crippen molar-refractivity contribution in [3.63, 3.8) is 0 Å². The maximum absolute atomic E-state index is 12.7. The Kier molecular flexibility index (Phi) is 1.99. The number of fused-ring (bicyclic) bond motifs is 3. The second kappa shape index (κ2) is 3.29. The van der Waals surface area contributed by atoms with Crippen LogP contribution < -0.4 is 5.46 Å². The highest BCUT2D eigenvalue weighted by molar-refractivity contribution is 6.73. The molecular weight excluding hydrogens is 226 g/mol. The van der Waals surface area contributed by atoms with Crippen LogP contribution in [-0.2, 0) is 0 Å². The molecule has 0 aliphatic carbocycles. The molecule has 1 aromatic heterocycles. The summed E-state index contributed by atoms with van der Waals surface area (Å²) in [6.07, 6.45) is 0. The van der Waals surface area contributed by atoms with Gasteiger partial charge < -0.3 is 17.9 Å². The van der Waals surface area contributed by atoms with Gasteiger partial charge in [0.05, 0.1) is 0 Å². The summed E-state index contributed by atoms with van der Waals surface area (Å²) in [7, 11) is 0. The van der Waals surface area contributed by atoms with E-state index in [1.165, 1.54) is 12.1 Å². The van der Waals surface area contributed by atoms with Gasteiger partial charge in [-0.05, 0) is 12.1 Å². The molecule has 0 aliphatic heterocycles. The molecule has 2 aromatic carbocycles. The Bertz CT molecular complexity index is 700. The SMILES string of the molecule is F[B-](F)(F)c1ccc2[nH]c3ccccc3c2c1. The van der Waals surface area contributed by atoms with Crippen LogP contribution in [0.5, 0.6) is 0 Å². The topological polar surface area (TPSA) is 15.8 Å². The van der Waals surface area contributed by atoms with Gasteiger partial charge in [0.2, 0.25) is 0 Å². The van der Waals surface area contributed by atoms with Gasteiger partial charge in [0.25, 0.3) is 0 Å². The first-order valence-corrected chi connectivity index (χ1v) is 5.26. The Balaban J connectivity index is 2.38. The summed E-state index contributed by atoms with van der Waals surface area (Å²) >= 11 is 0. The van der Waals surface area contributed by atoms with Crippen LogP contribution in [-0.4, -0.2) is 12.0 Å². The maximum atomic E-state index is 12.7. The van der Waals surface area contributed by atoms with Gasteiger partial charge in [0.1, 0.15) is 0 Å². The average Bonchev–Trinajstić information content (AvgIpc) is 2.65. The highest BCUT2D eigenvalue weighted by Crippen LogP contribution is 2.25. The largest absolute Gasteiger partial charge is 0.509 e. The van der Waals surface area contributed by atoms with Crippen LogP contribution in [0.25, 0.3) is 21.8 Å². The van der Waals surface area contributed by atoms with Crippen molar-refractivity contribution in [1.29, 1.82) is 0 Å². The van der Waals surface area contributed by atoms with E-state index in [9.17, 15) is 12.9 Å². The van der Waals surface area contributed by atoms with Crippen LogP contribution in [0.3, 0.4) is 0 Å². The van der Waals surface area contributed by atoms with Gasteiger partial charge in [-0.15, -0.1) is 5.46 Å². The van der Waals surface area contributed by atoms with E-state index in [1.807, 2.05) is 24.3 Å². The van der Waals surface area contributed by atoms with Crippen molar-refractivity contribution < 1.29 is 12.9 Å². The Morgan fingerprint density at radius 3 is 2.29 bits per heavy atom. The third-order valence-corrected chi connectivity index (χ3v) is 2.91. The summed E-state index contributed by atoms with van der Waals surface area (Å²) in [5, 5.41) is 1.45. The fraction of sp³-hybridized carbons (Fsp3) is 0. The summed E-state index contributed by atoms with van der Waals surface area (Å²) in [6, 6.07) is 11.2. The molecule has 0 unspecified atom stereocenters. The van der Waals surface area contributed by atoms with Gasteiger partial charge in [-0.1, -0.05) is 30.3 Å². The number of hydrogen-bond acceptors (Lipinski definition) is 0. The lowest BCUT2D eigenvalue weighted by molar-refractivity contribution is 0.501. The molecule has 1 nitrogen and oxygen atoms in total. The van der Waals surface area contributed by atoms with Gasteiger partial charge in [-0.3, -0.25) is 0 Å². The quantitative estimate of drug-likeness (QED) is 0.621. The number of nitrogens with one attached hydrogen (secondary N) is 1. The molecule has 3 rings (SSSR count). The first-order chi connectivity index (χ1) is 8.05. The number of para-hydroxylation sites is 1. The molecule has 0 fully saturated rings. The molecule has 17 heavy (non-hydrogen) atoms. The molecule has 0 amide bonds. The third kappa shape index (κ3) is 1.58. The fourth-order valence-electron chi connectivity index (χ4n) is 2.07. The van der Waals surface area contributed by atoms with Crippen molar-refractivity contribution in [2.75, 3.05) is 0 Å². The van der Waals surface area contributed by atoms with Crippen LogP contribution in [0.4, 0.5) is 12.9 Å². The summed E-state index contributed by atoms with van der Waals surface area (Å²) in [6.45, 7) is -4.94. The molecule has 0 saturated heterocycles. The lowest BCUT2D eigenvalue weighted by atomic mass is 9.79. The molecule has 1 N–H and O–H groups in total. The van der Waals surface area contributed by atoms with Crippen molar-refractivity contribution in [2.45, 2.75) is 0 Å². The van der Waals surface area contributed by atoms with Crippen LogP contribution >= 0.6 is 0 Å². The molecule has 0 atom stereocenters. The van der Waals surface area contributed by atoms with Crippen molar-refractivity contribution in [2.24, 2.45) is 0 Å². The normalized spacial score (nSPS) is 12.4. The lowest BCUT2D eigenvalue weighted by Gasteiger charge is -2.14. The molecule has 0 spiro atoms. The van der Waals surface area contributed by atoms with Crippen LogP contribution in [0.15, 0.2) is 42.5 Å². The Labute approximate surface area is 95.3 Å². The zero-order valence-electron chi connectivity index (χ0n) is 8.75. The van der Waals surface area contributed by atoms with E-state index in [4.69, 9.17) is 0 Å². The molecule has 0 aliphatic rings. The van der Waals surface area contributed by atoms with E-state index in [-0.39, 0.29) is 0 Å². The summed E-state index contributed by atoms with van der Waals surface area (Å²) in [5.41, 5.74) is 1.03. The lowest BCUT2D eigenvalue weighted by Crippen LogP contribution is -2.33. The zero-order valence-corrected chi connectivity index (χ0v) is 8.75. The molecular formula is C12H8BF3N-. The summed E-state index contributed by atoms with van der Waals surface area (Å²) in [4.78, 5) is 3.10. The summed E-state index contributed by atoms with van der Waals surface area (Å²) in [5.74, 6) is 0. The second-order valence-corrected chi connectivity index (χ2v) is 4.05. The van der Waals surface area contributed by atoms with Gasteiger partial charge in [0, 0.05) is 21.8 Å². The highest BCUT2D eigenvalue weighted by Gasteiger charge is 2.25. The third-order valence-electron chi connectivity index (χ3n) is 2.91. The number of aromatic nitrogens is 1. The fourth-order valence-corrected chi connectivity index (χ4v) is 2.07. The molecule has 0 radical (unpaired) electrons. The van der Waals surface area contributed by atoms with Gasteiger partial charge in [0.15, 0.2) is 0 Å². The van der Waals surface area contributed by atoms with Gasteiger partial charge in [-0.2, -0.15) is 0 Å². The standard InChI is InChI=1S/C12H8BF3N/c14-13(15,16)8-5-6-12-10(7-8)9-3-1-2-4-11(9)17-12/h1-7,17H/q-1. The summed E-state index contributed by atoms with van der Waals surface area (Å²) < 4.78 is 38.0. The Morgan fingerprint density at radius 1 is 0.824 bits per heavy atom. The number of halogens is 3. The average molecular weight is 234 g/mol. The molecule has 1 heterocycles. The molecule has 86 valence electrons. The zero-order chi connectivity index (χ0) is 12.0. The minimum atomic E-state index is -4.94. The molecule has 0 bridgehead atoms. The van der Waals surface area contributed by atoms with E-state index in [0.717, 1.165) is 22.5 Å². The molecule has 0 saturated carbocycles. The molecule has 3 aromatic rings. The number of rotatable bonds is 1. The smallest absolute Gasteiger partial charge is 0.445 e. The van der Waals surface area contributed by atoms with E-state index >= 15 is 0 Å². The predicted octanol–water partition coefficient (Wildman–Crippen LogP) is 3.38. The van der Waals surface area contributed by atoms with Crippen LogP contribution in [0.2, 0.25) is 0 Å². The minimum Gasteiger partial charge on any atom is -0.445 e.